The van der Waals surface area contributed by atoms with Crippen LogP contribution in [0.15, 0.2) is 18.2 Å². The van der Waals surface area contributed by atoms with Gasteiger partial charge in [0.1, 0.15) is 11.4 Å². The molecule has 0 N–H and O–H groups in total. The van der Waals surface area contributed by atoms with Crippen LogP contribution in [0.25, 0.3) is 11.0 Å². The van der Waals surface area contributed by atoms with E-state index in [9.17, 15) is 0 Å². The lowest BCUT2D eigenvalue weighted by molar-refractivity contribution is -0.0291. The molecule has 1 aromatic carbocycles. The summed E-state index contributed by atoms with van der Waals surface area (Å²) < 4.78 is 13.3. The molecule has 1 aliphatic rings. The largest absolute Gasteiger partial charge is 0.378 e. The summed E-state index contributed by atoms with van der Waals surface area (Å²) in [4.78, 5) is 4.56. The molecule has 1 saturated heterocycles. The molecule has 2 aromatic rings. The van der Waals surface area contributed by atoms with Crippen molar-refractivity contribution in [3.05, 3.63) is 29.0 Å². The predicted molar refractivity (Wildman–Crippen MR) is 79.5 cm³/mol. The summed E-state index contributed by atoms with van der Waals surface area (Å²) in [5, 5.41) is 0.689. The number of alkyl halides is 1. The van der Waals surface area contributed by atoms with Crippen LogP contribution in [0.4, 0.5) is 0 Å². The Kier molecular flexibility index (Phi) is 3.91. The first-order valence-corrected chi connectivity index (χ1v) is 7.42. The number of halogens is 2. The average molecular weight is 315 g/mol. The summed E-state index contributed by atoms with van der Waals surface area (Å²) in [6.07, 6.45) is 0.867. The van der Waals surface area contributed by atoms with Crippen molar-refractivity contribution in [2.45, 2.75) is 24.4 Å². The van der Waals surface area contributed by atoms with Crippen molar-refractivity contribution < 1.29 is 9.47 Å². The predicted octanol–water partition coefficient (Wildman–Crippen LogP) is 3.23. The third-order valence-corrected chi connectivity index (χ3v) is 4.33. The number of ether oxygens (including phenoxy) is 2. The molecule has 1 fully saturated rings. The molecule has 4 nitrogen and oxygen atoms in total. The molecule has 108 valence electrons. The molecule has 1 atom stereocenters. The number of rotatable bonds is 4. The second kappa shape index (κ2) is 5.53. The van der Waals surface area contributed by atoms with Gasteiger partial charge in [-0.05, 0) is 18.2 Å². The van der Waals surface area contributed by atoms with E-state index in [1.54, 1.807) is 7.11 Å². The van der Waals surface area contributed by atoms with Gasteiger partial charge in [-0.1, -0.05) is 11.6 Å². The number of benzene rings is 1. The van der Waals surface area contributed by atoms with Crippen LogP contribution in [-0.4, -0.2) is 35.5 Å². The zero-order valence-corrected chi connectivity index (χ0v) is 12.7. The first kappa shape index (κ1) is 14.1. The van der Waals surface area contributed by atoms with E-state index in [4.69, 9.17) is 32.7 Å². The van der Waals surface area contributed by atoms with Crippen molar-refractivity contribution in [1.82, 2.24) is 9.55 Å². The normalized spacial score (nSPS) is 22.8. The topological polar surface area (TPSA) is 36.3 Å². The van der Waals surface area contributed by atoms with Crippen molar-refractivity contribution in [2.75, 3.05) is 20.3 Å². The molecule has 2 heterocycles. The van der Waals surface area contributed by atoms with Crippen LogP contribution in [0.5, 0.6) is 0 Å². The highest BCUT2D eigenvalue weighted by Crippen LogP contribution is 2.29. The Morgan fingerprint density at radius 3 is 3.00 bits per heavy atom. The summed E-state index contributed by atoms with van der Waals surface area (Å²) in [5.41, 5.74) is 1.57. The number of imidazole rings is 1. The van der Waals surface area contributed by atoms with Gasteiger partial charge in [0.15, 0.2) is 0 Å². The highest BCUT2D eigenvalue weighted by Gasteiger charge is 2.36. The van der Waals surface area contributed by atoms with Crippen LogP contribution in [0.1, 0.15) is 12.2 Å². The van der Waals surface area contributed by atoms with E-state index in [0.717, 1.165) is 29.9 Å². The van der Waals surface area contributed by atoms with Gasteiger partial charge in [-0.2, -0.15) is 0 Å². The monoisotopic (exact) mass is 314 g/mol. The summed E-state index contributed by atoms with van der Waals surface area (Å²) in [6, 6.07) is 5.66. The highest BCUT2D eigenvalue weighted by atomic mass is 35.5. The standard InChI is InChI=1S/C14H16Cl2N2O2/c1-19-14(4-5-20-9-14)8-18-12-6-10(16)2-3-11(12)17-13(18)7-15/h2-3,6H,4-5,7-9H2,1H3. The Labute approximate surface area is 127 Å². The second-order valence-electron chi connectivity index (χ2n) is 5.07. The van der Waals surface area contributed by atoms with Crippen molar-refractivity contribution in [3.63, 3.8) is 0 Å². The lowest BCUT2D eigenvalue weighted by Gasteiger charge is -2.27. The van der Waals surface area contributed by atoms with Crippen LogP contribution in [-0.2, 0) is 21.9 Å². The molecule has 1 aliphatic heterocycles. The Hall–Kier alpha value is -0.810. The molecular weight excluding hydrogens is 299 g/mol. The Morgan fingerprint density at radius 1 is 1.50 bits per heavy atom. The number of methoxy groups -OCH3 is 1. The van der Waals surface area contributed by atoms with E-state index < -0.39 is 0 Å². The second-order valence-corrected chi connectivity index (χ2v) is 5.77. The minimum atomic E-state index is -0.309. The maximum atomic E-state index is 6.10. The van der Waals surface area contributed by atoms with Gasteiger partial charge in [0.2, 0.25) is 0 Å². The van der Waals surface area contributed by atoms with Crippen LogP contribution in [0.3, 0.4) is 0 Å². The summed E-state index contributed by atoms with van der Waals surface area (Å²) >= 11 is 12.1. The third kappa shape index (κ3) is 2.42. The minimum absolute atomic E-state index is 0.309. The highest BCUT2D eigenvalue weighted by molar-refractivity contribution is 6.31. The van der Waals surface area contributed by atoms with Crippen molar-refractivity contribution in [1.29, 1.82) is 0 Å². The Balaban J connectivity index is 2.06. The maximum Gasteiger partial charge on any atom is 0.124 e. The molecule has 0 radical (unpaired) electrons. The maximum absolute atomic E-state index is 6.10. The van der Waals surface area contributed by atoms with Crippen LogP contribution in [0.2, 0.25) is 5.02 Å². The molecule has 20 heavy (non-hydrogen) atoms. The van der Waals surface area contributed by atoms with Gasteiger partial charge >= 0.3 is 0 Å². The summed E-state index contributed by atoms with van der Waals surface area (Å²) in [5.74, 6) is 1.18. The van der Waals surface area contributed by atoms with E-state index in [1.165, 1.54) is 0 Å². The lowest BCUT2D eigenvalue weighted by atomic mass is 10.0. The number of aromatic nitrogens is 2. The van der Waals surface area contributed by atoms with E-state index in [2.05, 4.69) is 9.55 Å². The summed E-state index contributed by atoms with van der Waals surface area (Å²) in [6.45, 7) is 1.98. The first-order valence-electron chi connectivity index (χ1n) is 6.51. The molecule has 1 aromatic heterocycles. The molecule has 3 rings (SSSR count). The molecule has 6 heteroatoms. The van der Waals surface area contributed by atoms with Gasteiger partial charge in [0, 0.05) is 25.2 Å². The summed E-state index contributed by atoms with van der Waals surface area (Å²) in [7, 11) is 1.72. The molecule has 1 unspecified atom stereocenters. The van der Waals surface area contributed by atoms with Gasteiger partial charge in [-0.15, -0.1) is 11.6 Å². The zero-order chi connectivity index (χ0) is 14.2. The fraction of sp³-hybridized carbons (Fsp3) is 0.500. The van der Waals surface area contributed by atoms with Crippen molar-refractivity contribution in [3.8, 4) is 0 Å². The Morgan fingerprint density at radius 2 is 2.35 bits per heavy atom. The SMILES string of the molecule is COC1(Cn2c(CCl)nc3ccc(Cl)cc32)CCOC1. The molecule has 0 bridgehead atoms. The van der Waals surface area contributed by atoms with E-state index >= 15 is 0 Å². The van der Waals surface area contributed by atoms with Crippen molar-refractivity contribution in [2.24, 2.45) is 0 Å². The van der Waals surface area contributed by atoms with Crippen molar-refractivity contribution >= 4 is 34.2 Å². The fourth-order valence-corrected chi connectivity index (χ4v) is 3.02. The first-order chi connectivity index (χ1) is 9.67. The van der Waals surface area contributed by atoms with E-state index in [0.29, 0.717) is 24.1 Å². The molecule has 0 spiro atoms. The number of hydrogen-bond acceptors (Lipinski definition) is 3. The minimum Gasteiger partial charge on any atom is -0.378 e. The van der Waals surface area contributed by atoms with E-state index in [-0.39, 0.29) is 5.60 Å². The van der Waals surface area contributed by atoms with Crippen LogP contribution < -0.4 is 0 Å². The lowest BCUT2D eigenvalue weighted by Crippen LogP contribution is -2.37. The third-order valence-electron chi connectivity index (χ3n) is 3.86. The fourth-order valence-electron chi connectivity index (χ4n) is 2.65. The number of fused-ring (bicyclic) bond motifs is 1. The molecule has 0 aliphatic carbocycles. The van der Waals surface area contributed by atoms with Crippen LogP contribution >= 0.6 is 23.2 Å². The van der Waals surface area contributed by atoms with Gasteiger partial charge in [-0.25, -0.2) is 4.98 Å². The van der Waals surface area contributed by atoms with Gasteiger partial charge in [-0.3, -0.25) is 0 Å². The molecule has 0 amide bonds. The smallest absolute Gasteiger partial charge is 0.124 e. The quantitative estimate of drug-likeness (QED) is 0.813. The number of hydrogen-bond donors (Lipinski definition) is 0. The average Bonchev–Trinajstić information content (AvgIpc) is 3.05. The van der Waals surface area contributed by atoms with Gasteiger partial charge in [0.05, 0.1) is 30.1 Å². The van der Waals surface area contributed by atoms with E-state index in [1.807, 2.05) is 18.2 Å². The van der Waals surface area contributed by atoms with Gasteiger partial charge < -0.3 is 14.0 Å². The zero-order valence-electron chi connectivity index (χ0n) is 11.2. The van der Waals surface area contributed by atoms with Crippen LogP contribution in [0, 0.1) is 0 Å². The molecular formula is C14H16Cl2N2O2. The molecule has 0 saturated carbocycles. The van der Waals surface area contributed by atoms with Gasteiger partial charge in [0.25, 0.3) is 0 Å². The Bertz CT molecular complexity index is 621. The number of nitrogens with zero attached hydrogens (tertiary/aromatic N) is 2.